The molecule has 0 radical (unpaired) electrons. The standard InChI is InChI=1S/C12H11Br2FN2O2/c1-12(2,3)19-11(18)17-9-7(10(14)16-17)4-6(13)5-8(9)15/h4-5H,1-3H3. The lowest BCUT2D eigenvalue weighted by Crippen LogP contribution is -2.27. The molecule has 2 aromatic rings. The van der Waals surface area contributed by atoms with Gasteiger partial charge in [-0.15, -0.1) is 0 Å². The normalized spacial score (nSPS) is 11.9. The number of ether oxygens (including phenoxy) is 1. The van der Waals surface area contributed by atoms with E-state index in [1.807, 2.05) is 0 Å². The van der Waals surface area contributed by atoms with E-state index in [2.05, 4.69) is 37.0 Å². The molecule has 0 saturated heterocycles. The van der Waals surface area contributed by atoms with E-state index >= 15 is 0 Å². The second-order valence-corrected chi connectivity index (χ2v) is 6.63. The highest BCUT2D eigenvalue weighted by atomic mass is 79.9. The predicted octanol–water partition coefficient (Wildman–Crippen LogP) is 4.48. The van der Waals surface area contributed by atoms with E-state index in [4.69, 9.17) is 4.74 Å². The highest BCUT2D eigenvalue weighted by Gasteiger charge is 2.23. The first kappa shape index (κ1) is 14.5. The number of nitrogens with zero attached hydrogens (tertiary/aromatic N) is 2. The van der Waals surface area contributed by atoms with Crippen LogP contribution in [-0.4, -0.2) is 21.5 Å². The zero-order chi connectivity index (χ0) is 14.4. The highest BCUT2D eigenvalue weighted by molar-refractivity contribution is 9.11. The number of rotatable bonds is 0. The van der Waals surface area contributed by atoms with Crippen LogP contribution in [0.4, 0.5) is 9.18 Å². The van der Waals surface area contributed by atoms with Gasteiger partial charge in [0.25, 0.3) is 0 Å². The van der Waals surface area contributed by atoms with Crippen molar-refractivity contribution in [1.29, 1.82) is 0 Å². The summed E-state index contributed by atoms with van der Waals surface area (Å²) in [7, 11) is 0. The number of carbonyl (C=O) groups excluding carboxylic acids is 1. The lowest BCUT2D eigenvalue weighted by Gasteiger charge is -2.19. The lowest BCUT2D eigenvalue weighted by atomic mass is 10.2. The molecular formula is C12H11Br2FN2O2. The summed E-state index contributed by atoms with van der Waals surface area (Å²) in [6.45, 7) is 5.20. The molecule has 0 aliphatic rings. The Bertz CT molecular complexity index is 662. The molecule has 0 spiro atoms. The third-order valence-electron chi connectivity index (χ3n) is 2.22. The van der Waals surface area contributed by atoms with Crippen LogP contribution in [0.1, 0.15) is 20.8 Å². The van der Waals surface area contributed by atoms with Crippen molar-refractivity contribution in [3.05, 3.63) is 27.0 Å². The van der Waals surface area contributed by atoms with Crippen LogP contribution < -0.4 is 0 Å². The quantitative estimate of drug-likeness (QED) is 0.662. The Labute approximate surface area is 126 Å². The SMILES string of the molecule is CC(C)(C)OC(=O)n1nc(Br)c2cc(Br)cc(F)c21. The Morgan fingerprint density at radius 2 is 2.00 bits per heavy atom. The lowest BCUT2D eigenvalue weighted by molar-refractivity contribution is 0.0521. The van der Waals surface area contributed by atoms with Gasteiger partial charge in [0.05, 0.1) is 0 Å². The maximum absolute atomic E-state index is 14.0. The van der Waals surface area contributed by atoms with Crippen molar-refractivity contribution >= 4 is 48.9 Å². The molecule has 0 fully saturated rings. The summed E-state index contributed by atoms with van der Waals surface area (Å²) >= 11 is 6.41. The van der Waals surface area contributed by atoms with Gasteiger partial charge in [0, 0.05) is 9.86 Å². The zero-order valence-electron chi connectivity index (χ0n) is 10.5. The monoisotopic (exact) mass is 392 g/mol. The van der Waals surface area contributed by atoms with Crippen molar-refractivity contribution < 1.29 is 13.9 Å². The van der Waals surface area contributed by atoms with Gasteiger partial charge in [-0.25, -0.2) is 9.18 Å². The van der Waals surface area contributed by atoms with Crippen LogP contribution in [0.5, 0.6) is 0 Å². The molecule has 0 aliphatic heterocycles. The van der Waals surface area contributed by atoms with Crippen molar-refractivity contribution in [2.45, 2.75) is 26.4 Å². The van der Waals surface area contributed by atoms with Crippen molar-refractivity contribution in [2.75, 3.05) is 0 Å². The van der Waals surface area contributed by atoms with E-state index in [0.717, 1.165) is 4.68 Å². The number of aromatic nitrogens is 2. The molecule has 1 heterocycles. The van der Waals surface area contributed by atoms with Crippen molar-refractivity contribution in [2.24, 2.45) is 0 Å². The molecule has 4 nitrogen and oxygen atoms in total. The van der Waals surface area contributed by atoms with Crippen molar-refractivity contribution in [1.82, 2.24) is 9.78 Å². The summed E-state index contributed by atoms with van der Waals surface area (Å²) in [5.74, 6) is -0.548. The number of hydrogen-bond acceptors (Lipinski definition) is 3. The molecular weight excluding hydrogens is 383 g/mol. The van der Waals surface area contributed by atoms with Gasteiger partial charge in [0.2, 0.25) is 0 Å². The number of hydrogen-bond donors (Lipinski definition) is 0. The molecule has 0 atom stereocenters. The number of fused-ring (bicyclic) bond motifs is 1. The summed E-state index contributed by atoms with van der Waals surface area (Å²) < 4.78 is 21.1. The largest absolute Gasteiger partial charge is 0.442 e. The van der Waals surface area contributed by atoms with Crippen LogP contribution in [-0.2, 0) is 4.74 Å². The van der Waals surface area contributed by atoms with E-state index in [1.165, 1.54) is 6.07 Å². The van der Waals surface area contributed by atoms with Gasteiger partial charge in [-0.1, -0.05) is 15.9 Å². The second kappa shape index (κ2) is 4.86. The van der Waals surface area contributed by atoms with Crippen LogP contribution in [0.25, 0.3) is 10.9 Å². The molecule has 1 aromatic heterocycles. The minimum atomic E-state index is -0.718. The fraction of sp³-hybridized carbons (Fsp3) is 0.333. The molecule has 1 aromatic carbocycles. The van der Waals surface area contributed by atoms with E-state index in [9.17, 15) is 9.18 Å². The smallest absolute Gasteiger partial charge is 0.435 e. The van der Waals surface area contributed by atoms with E-state index in [-0.39, 0.29) is 5.52 Å². The number of halogens is 3. The first-order valence-electron chi connectivity index (χ1n) is 5.45. The fourth-order valence-corrected chi connectivity index (χ4v) is 2.46. The predicted molar refractivity (Wildman–Crippen MR) is 76.7 cm³/mol. The van der Waals surface area contributed by atoms with Crippen LogP contribution in [0, 0.1) is 5.82 Å². The summed E-state index contributed by atoms with van der Waals surface area (Å²) in [6, 6.07) is 2.95. The molecule has 0 saturated carbocycles. The molecule has 0 amide bonds. The third kappa shape index (κ3) is 2.97. The summed E-state index contributed by atoms with van der Waals surface area (Å²) in [5.41, 5.74) is -0.586. The molecule has 0 N–H and O–H groups in total. The van der Waals surface area contributed by atoms with Gasteiger partial charge in [-0.3, -0.25) is 0 Å². The second-order valence-electron chi connectivity index (χ2n) is 4.97. The minimum absolute atomic E-state index is 0.0873. The average Bonchev–Trinajstić information content (AvgIpc) is 2.54. The molecule has 19 heavy (non-hydrogen) atoms. The average molecular weight is 394 g/mol. The molecule has 2 rings (SSSR count). The highest BCUT2D eigenvalue weighted by Crippen LogP contribution is 2.29. The van der Waals surface area contributed by atoms with Crippen LogP contribution in [0.3, 0.4) is 0 Å². The summed E-state index contributed by atoms with van der Waals surface area (Å²) in [5, 5.41) is 4.47. The van der Waals surface area contributed by atoms with Crippen LogP contribution >= 0.6 is 31.9 Å². The van der Waals surface area contributed by atoms with E-state index in [1.54, 1.807) is 26.8 Å². The van der Waals surface area contributed by atoms with Crippen molar-refractivity contribution in [3.8, 4) is 0 Å². The zero-order valence-corrected chi connectivity index (χ0v) is 13.7. The number of carbonyl (C=O) groups is 1. The Hall–Kier alpha value is -0.950. The van der Waals surface area contributed by atoms with Crippen LogP contribution in [0.15, 0.2) is 21.2 Å². The molecule has 7 heteroatoms. The van der Waals surface area contributed by atoms with Gasteiger partial charge in [-0.2, -0.15) is 9.78 Å². The molecule has 0 bridgehead atoms. The first-order valence-corrected chi connectivity index (χ1v) is 7.04. The first-order chi connectivity index (χ1) is 8.69. The minimum Gasteiger partial charge on any atom is -0.442 e. The Kier molecular flexibility index (Phi) is 3.70. The van der Waals surface area contributed by atoms with Gasteiger partial charge in [0.1, 0.15) is 15.7 Å². The van der Waals surface area contributed by atoms with Crippen molar-refractivity contribution in [3.63, 3.8) is 0 Å². The summed E-state index contributed by atoms with van der Waals surface area (Å²) in [4.78, 5) is 12.0. The Morgan fingerprint density at radius 1 is 1.37 bits per heavy atom. The third-order valence-corrected chi connectivity index (χ3v) is 3.26. The van der Waals surface area contributed by atoms with Gasteiger partial charge in [0.15, 0.2) is 5.82 Å². The molecule has 0 aliphatic carbocycles. The van der Waals surface area contributed by atoms with E-state index in [0.29, 0.717) is 14.5 Å². The van der Waals surface area contributed by atoms with Crippen LogP contribution in [0.2, 0.25) is 0 Å². The molecule has 102 valence electrons. The maximum atomic E-state index is 14.0. The number of benzene rings is 1. The van der Waals surface area contributed by atoms with Gasteiger partial charge < -0.3 is 4.74 Å². The fourth-order valence-electron chi connectivity index (χ4n) is 1.57. The summed E-state index contributed by atoms with van der Waals surface area (Å²) in [6.07, 6.45) is -0.718. The van der Waals surface area contributed by atoms with Gasteiger partial charge in [-0.05, 0) is 48.8 Å². The molecule has 0 unspecified atom stereocenters. The Balaban J connectivity index is 2.59. The maximum Gasteiger partial charge on any atom is 0.435 e. The van der Waals surface area contributed by atoms with Gasteiger partial charge >= 0.3 is 6.09 Å². The van der Waals surface area contributed by atoms with E-state index < -0.39 is 17.5 Å². The topological polar surface area (TPSA) is 44.1 Å². The Morgan fingerprint density at radius 3 is 2.58 bits per heavy atom.